The lowest BCUT2D eigenvalue weighted by Gasteiger charge is -2.11. The zero-order valence-electron chi connectivity index (χ0n) is 10.5. The average molecular weight is 232 g/mol. The highest BCUT2D eigenvalue weighted by Gasteiger charge is 2.02. The van der Waals surface area contributed by atoms with E-state index in [1.165, 1.54) is 11.1 Å². The topological polar surface area (TPSA) is 41.1 Å². The summed E-state index contributed by atoms with van der Waals surface area (Å²) in [5.74, 6) is 0.0442. The molecule has 17 heavy (non-hydrogen) atoms. The molecule has 0 atom stereocenters. The van der Waals surface area contributed by atoms with Crippen LogP contribution in [0.1, 0.15) is 17.5 Å². The summed E-state index contributed by atoms with van der Waals surface area (Å²) in [6.07, 6.45) is 2.15. The molecular weight excluding hydrogens is 212 g/mol. The lowest BCUT2D eigenvalue weighted by Crippen LogP contribution is -2.25. The molecule has 2 N–H and O–H groups in total. The lowest BCUT2D eigenvalue weighted by atomic mass is 10.1. The molecule has 0 spiro atoms. The molecule has 0 aliphatic carbocycles. The number of benzene rings is 1. The monoisotopic (exact) mass is 232 g/mol. The van der Waals surface area contributed by atoms with Gasteiger partial charge >= 0.3 is 0 Å². The van der Waals surface area contributed by atoms with Gasteiger partial charge in [0.1, 0.15) is 0 Å². The Balaban J connectivity index is 2.38. The van der Waals surface area contributed by atoms with E-state index in [1.807, 2.05) is 12.1 Å². The number of hydrogen-bond acceptors (Lipinski definition) is 2. The van der Waals surface area contributed by atoms with Crippen LogP contribution in [0.15, 0.2) is 30.9 Å². The molecule has 0 aliphatic rings. The summed E-state index contributed by atoms with van der Waals surface area (Å²) in [4.78, 5) is 11.3. The molecular formula is C14H20N2O. The van der Waals surface area contributed by atoms with Gasteiger partial charge in [0.25, 0.3) is 0 Å². The van der Waals surface area contributed by atoms with Gasteiger partial charge in [-0.1, -0.05) is 18.2 Å². The molecule has 0 aliphatic heterocycles. The lowest BCUT2D eigenvalue weighted by molar-refractivity contribution is -0.120. The smallest absolute Gasteiger partial charge is 0.222 e. The van der Waals surface area contributed by atoms with E-state index in [4.69, 9.17) is 0 Å². The number of rotatable bonds is 6. The third kappa shape index (κ3) is 4.31. The van der Waals surface area contributed by atoms with Crippen molar-refractivity contribution in [3.63, 3.8) is 0 Å². The van der Waals surface area contributed by atoms with Gasteiger partial charge < -0.3 is 10.6 Å². The predicted molar refractivity (Wildman–Crippen MR) is 72.2 cm³/mol. The largest absolute Gasteiger partial charge is 0.384 e. The SMILES string of the molecule is C=CCNC(=O)CCNc1cccc(C)c1C. The normalized spacial score (nSPS) is 9.76. The first-order valence-corrected chi connectivity index (χ1v) is 5.83. The molecule has 0 fully saturated rings. The Bertz CT molecular complexity index is 399. The first-order chi connectivity index (χ1) is 8.15. The van der Waals surface area contributed by atoms with Gasteiger partial charge in [-0.15, -0.1) is 6.58 Å². The first kappa shape index (κ1) is 13.3. The molecule has 1 aromatic rings. The Morgan fingerprint density at radius 2 is 2.18 bits per heavy atom. The molecule has 3 heteroatoms. The van der Waals surface area contributed by atoms with Crippen LogP contribution >= 0.6 is 0 Å². The van der Waals surface area contributed by atoms with Crippen LogP contribution in [0.2, 0.25) is 0 Å². The zero-order valence-corrected chi connectivity index (χ0v) is 10.5. The van der Waals surface area contributed by atoms with E-state index in [9.17, 15) is 4.79 Å². The third-order valence-electron chi connectivity index (χ3n) is 2.72. The van der Waals surface area contributed by atoms with Crippen LogP contribution in [-0.2, 0) is 4.79 Å². The third-order valence-corrected chi connectivity index (χ3v) is 2.72. The summed E-state index contributed by atoms with van der Waals surface area (Å²) in [5, 5.41) is 6.02. The first-order valence-electron chi connectivity index (χ1n) is 5.83. The summed E-state index contributed by atoms with van der Waals surface area (Å²) in [7, 11) is 0. The average Bonchev–Trinajstić information content (AvgIpc) is 2.32. The molecule has 3 nitrogen and oxygen atoms in total. The quantitative estimate of drug-likeness (QED) is 0.739. The molecule has 0 heterocycles. The fourth-order valence-electron chi connectivity index (χ4n) is 1.53. The van der Waals surface area contributed by atoms with Gasteiger partial charge in [-0.3, -0.25) is 4.79 Å². The molecule has 0 radical (unpaired) electrons. The summed E-state index contributed by atoms with van der Waals surface area (Å²) in [6, 6.07) is 6.13. The van der Waals surface area contributed by atoms with Crippen LogP contribution in [0, 0.1) is 13.8 Å². The van der Waals surface area contributed by atoms with E-state index in [-0.39, 0.29) is 5.91 Å². The zero-order chi connectivity index (χ0) is 12.7. The van der Waals surface area contributed by atoms with Crippen LogP contribution in [0.3, 0.4) is 0 Å². The standard InChI is InChI=1S/C14H20N2O/c1-4-9-16-14(17)8-10-15-13-7-5-6-11(2)12(13)3/h4-7,15H,1,8-10H2,2-3H3,(H,16,17). The van der Waals surface area contributed by atoms with Crippen molar-refractivity contribution < 1.29 is 4.79 Å². The van der Waals surface area contributed by atoms with Crippen molar-refractivity contribution >= 4 is 11.6 Å². The van der Waals surface area contributed by atoms with Gasteiger partial charge in [-0.2, -0.15) is 0 Å². The fraction of sp³-hybridized carbons (Fsp3) is 0.357. The van der Waals surface area contributed by atoms with Gasteiger partial charge in [0.2, 0.25) is 5.91 Å². The van der Waals surface area contributed by atoms with Crippen molar-refractivity contribution in [3.8, 4) is 0 Å². The van der Waals surface area contributed by atoms with E-state index in [2.05, 4.69) is 37.1 Å². The van der Waals surface area contributed by atoms with E-state index in [0.29, 0.717) is 19.5 Å². The number of hydrogen-bond donors (Lipinski definition) is 2. The summed E-state index contributed by atoms with van der Waals surface area (Å²) in [5.41, 5.74) is 3.59. The molecule has 0 bridgehead atoms. The highest BCUT2D eigenvalue weighted by molar-refractivity contribution is 5.76. The van der Waals surface area contributed by atoms with E-state index < -0.39 is 0 Å². The molecule has 1 amide bonds. The second kappa shape index (κ2) is 6.74. The number of nitrogens with one attached hydrogen (secondary N) is 2. The summed E-state index contributed by atoms with van der Waals surface area (Å²) in [6.45, 7) is 8.89. The van der Waals surface area contributed by atoms with Crippen LogP contribution in [0.4, 0.5) is 5.69 Å². The van der Waals surface area contributed by atoms with Crippen LogP contribution in [0.25, 0.3) is 0 Å². The Hall–Kier alpha value is -1.77. The number of amides is 1. The highest BCUT2D eigenvalue weighted by atomic mass is 16.1. The fourth-order valence-corrected chi connectivity index (χ4v) is 1.53. The maximum Gasteiger partial charge on any atom is 0.222 e. The minimum Gasteiger partial charge on any atom is -0.384 e. The maximum absolute atomic E-state index is 11.3. The highest BCUT2D eigenvalue weighted by Crippen LogP contribution is 2.17. The minimum absolute atomic E-state index is 0.0442. The molecule has 1 rings (SSSR count). The Morgan fingerprint density at radius 3 is 2.88 bits per heavy atom. The number of anilines is 1. The Labute approximate surface area is 103 Å². The van der Waals surface area contributed by atoms with Crippen molar-refractivity contribution in [3.05, 3.63) is 42.0 Å². The van der Waals surface area contributed by atoms with Crippen molar-refractivity contribution in [2.24, 2.45) is 0 Å². The molecule has 0 saturated carbocycles. The second-order valence-electron chi connectivity index (χ2n) is 4.02. The van der Waals surface area contributed by atoms with E-state index in [0.717, 1.165) is 5.69 Å². The van der Waals surface area contributed by atoms with Crippen molar-refractivity contribution in [1.29, 1.82) is 0 Å². The van der Waals surface area contributed by atoms with E-state index in [1.54, 1.807) is 6.08 Å². The summed E-state index contributed by atoms with van der Waals surface area (Å²) >= 11 is 0. The number of aryl methyl sites for hydroxylation is 1. The summed E-state index contributed by atoms with van der Waals surface area (Å²) < 4.78 is 0. The van der Waals surface area contributed by atoms with Gasteiger partial charge in [0.15, 0.2) is 0 Å². The maximum atomic E-state index is 11.3. The van der Waals surface area contributed by atoms with Crippen LogP contribution < -0.4 is 10.6 Å². The second-order valence-corrected chi connectivity index (χ2v) is 4.02. The predicted octanol–water partition coefficient (Wildman–Crippen LogP) is 2.41. The van der Waals surface area contributed by atoms with Gasteiger partial charge in [0.05, 0.1) is 0 Å². The van der Waals surface area contributed by atoms with Crippen LogP contribution in [0.5, 0.6) is 0 Å². The molecule has 0 unspecified atom stereocenters. The Morgan fingerprint density at radius 1 is 1.41 bits per heavy atom. The number of carbonyl (C=O) groups is 1. The van der Waals surface area contributed by atoms with Gasteiger partial charge in [-0.25, -0.2) is 0 Å². The Kier molecular flexibility index (Phi) is 5.27. The minimum atomic E-state index is 0.0442. The van der Waals surface area contributed by atoms with Crippen LogP contribution in [-0.4, -0.2) is 19.0 Å². The van der Waals surface area contributed by atoms with Gasteiger partial charge in [0, 0.05) is 25.2 Å². The van der Waals surface area contributed by atoms with Crippen molar-refractivity contribution in [1.82, 2.24) is 5.32 Å². The molecule has 0 aromatic heterocycles. The van der Waals surface area contributed by atoms with Gasteiger partial charge in [-0.05, 0) is 31.0 Å². The number of carbonyl (C=O) groups excluding carboxylic acids is 1. The van der Waals surface area contributed by atoms with Crippen molar-refractivity contribution in [2.75, 3.05) is 18.4 Å². The molecule has 1 aromatic carbocycles. The molecule has 92 valence electrons. The molecule has 0 saturated heterocycles. The van der Waals surface area contributed by atoms with E-state index >= 15 is 0 Å². The van der Waals surface area contributed by atoms with Crippen molar-refractivity contribution in [2.45, 2.75) is 20.3 Å².